The Hall–Kier alpha value is -2.96. The van der Waals surface area contributed by atoms with Crippen LogP contribution in [0.5, 0.6) is 0 Å². The van der Waals surface area contributed by atoms with Crippen LogP contribution in [0.15, 0.2) is 48.5 Å². The first-order valence-corrected chi connectivity index (χ1v) is 12.9. The highest BCUT2D eigenvalue weighted by Crippen LogP contribution is 2.42. The number of aromatic nitrogens is 1. The summed E-state index contributed by atoms with van der Waals surface area (Å²) in [6.45, 7) is 3.12. The maximum Gasteiger partial charge on any atom is 0.251 e. The molecule has 0 unspecified atom stereocenters. The fourth-order valence-electron chi connectivity index (χ4n) is 4.86. The van der Waals surface area contributed by atoms with Gasteiger partial charge in [-0.1, -0.05) is 29.3 Å². The number of aryl methyl sites for hydroxylation is 1. The van der Waals surface area contributed by atoms with Gasteiger partial charge < -0.3 is 10.2 Å². The van der Waals surface area contributed by atoms with Gasteiger partial charge in [0.1, 0.15) is 0 Å². The molecule has 2 aliphatic rings. The van der Waals surface area contributed by atoms with Crippen LogP contribution in [0.2, 0.25) is 10.0 Å². The van der Waals surface area contributed by atoms with Gasteiger partial charge in [0.15, 0.2) is 0 Å². The molecule has 1 aliphatic carbocycles. The molecule has 1 amide bonds. The van der Waals surface area contributed by atoms with Crippen LogP contribution >= 0.6 is 23.2 Å². The molecule has 0 bridgehead atoms. The monoisotopic (exact) mass is 524 g/mol. The summed E-state index contributed by atoms with van der Waals surface area (Å²) in [5.41, 5.74) is 4.49. The van der Waals surface area contributed by atoms with Gasteiger partial charge in [0.25, 0.3) is 5.91 Å². The molecule has 36 heavy (non-hydrogen) atoms. The second-order valence-electron chi connectivity index (χ2n) is 9.62. The molecule has 5 nitrogen and oxygen atoms in total. The third-order valence-electron chi connectivity index (χ3n) is 6.90. The Balaban J connectivity index is 1.49. The van der Waals surface area contributed by atoms with Crippen LogP contribution in [0.25, 0.3) is 11.1 Å². The third kappa shape index (κ3) is 5.40. The van der Waals surface area contributed by atoms with E-state index in [4.69, 9.17) is 28.6 Å². The highest BCUT2D eigenvalue weighted by atomic mass is 35.5. The zero-order valence-electron chi connectivity index (χ0n) is 20.0. The van der Waals surface area contributed by atoms with Gasteiger partial charge in [0.05, 0.1) is 21.9 Å². The Bertz CT molecular complexity index is 1340. The van der Waals surface area contributed by atoms with Gasteiger partial charge in [0, 0.05) is 36.3 Å². The minimum absolute atomic E-state index is 0.166. The van der Waals surface area contributed by atoms with E-state index in [0.29, 0.717) is 39.6 Å². The lowest BCUT2D eigenvalue weighted by molar-refractivity contribution is 0.0931. The van der Waals surface area contributed by atoms with Gasteiger partial charge in [-0.25, -0.2) is 4.98 Å². The van der Waals surface area contributed by atoms with Crippen molar-refractivity contribution in [2.24, 2.45) is 5.92 Å². The average Bonchev–Trinajstić information content (AvgIpc) is 3.61. The number of amidine groups is 1. The van der Waals surface area contributed by atoms with Crippen LogP contribution in [0.1, 0.15) is 58.9 Å². The molecule has 1 saturated heterocycles. The van der Waals surface area contributed by atoms with E-state index in [0.717, 1.165) is 54.5 Å². The molecule has 1 aromatic heterocycles. The van der Waals surface area contributed by atoms with Crippen molar-refractivity contribution in [3.8, 4) is 11.1 Å². The zero-order chi connectivity index (χ0) is 25.4. The van der Waals surface area contributed by atoms with Crippen LogP contribution in [0.4, 0.5) is 4.39 Å². The lowest BCUT2D eigenvalue weighted by atomic mass is 9.97. The maximum absolute atomic E-state index is 13.7. The van der Waals surface area contributed by atoms with E-state index in [1.54, 1.807) is 19.1 Å². The summed E-state index contributed by atoms with van der Waals surface area (Å²) in [7, 11) is 0. The fourth-order valence-corrected chi connectivity index (χ4v) is 5.17. The van der Waals surface area contributed by atoms with Crippen LogP contribution in [0.3, 0.4) is 0 Å². The molecular weight excluding hydrogens is 498 g/mol. The van der Waals surface area contributed by atoms with E-state index in [1.807, 2.05) is 35.2 Å². The quantitative estimate of drug-likeness (QED) is 0.328. The Kier molecular flexibility index (Phi) is 7.00. The van der Waals surface area contributed by atoms with Crippen molar-refractivity contribution in [2.75, 3.05) is 6.54 Å². The maximum atomic E-state index is 13.7. The smallest absolute Gasteiger partial charge is 0.251 e. The van der Waals surface area contributed by atoms with Crippen molar-refractivity contribution in [3.05, 3.63) is 86.9 Å². The van der Waals surface area contributed by atoms with Gasteiger partial charge in [-0.05, 0) is 91.3 Å². The Morgan fingerprint density at radius 1 is 1.17 bits per heavy atom. The standard InChI is InChI=1S/C28H27Cl2FN4O/c1-16-22(7-9-25(31)33-16)20-11-17(15-35-10-2-3-26(35)32)12-21(13-20)28(36)34-27(18-4-5-18)19-6-8-23(29)24(30)14-19/h6-9,11-14,18,27,32H,2-5,10,15H2,1H3,(H,34,36)/t27-/m0/s1. The molecule has 2 aromatic carbocycles. The lowest BCUT2D eigenvalue weighted by Crippen LogP contribution is -2.30. The van der Waals surface area contributed by atoms with E-state index in [1.165, 1.54) is 6.07 Å². The van der Waals surface area contributed by atoms with E-state index in [-0.39, 0.29) is 11.9 Å². The first-order valence-electron chi connectivity index (χ1n) is 12.1. The summed E-state index contributed by atoms with van der Waals surface area (Å²) >= 11 is 12.4. The van der Waals surface area contributed by atoms with Gasteiger partial charge >= 0.3 is 0 Å². The summed E-state index contributed by atoms with van der Waals surface area (Å²) in [6.07, 6.45) is 3.79. The van der Waals surface area contributed by atoms with Crippen LogP contribution in [0, 0.1) is 24.2 Å². The zero-order valence-corrected chi connectivity index (χ0v) is 21.5. The second kappa shape index (κ2) is 10.2. The molecule has 2 heterocycles. The average molecular weight is 525 g/mol. The van der Waals surface area contributed by atoms with Crippen molar-refractivity contribution in [1.29, 1.82) is 5.41 Å². The third-order valence-corrected chi connectivity index (χ3v) is 7.64. The molecule has 8 heteroatoms. The molecule has 3 aromatic rings. The molecule has 1 aliphatic heterocycles. The second-order valence-corrected chi connectivity index (χ2v) is 10.4. The molecule has 2 N–H and O–H groups in total. The topological polar surface area (TPSA) is 69.1 Å². The first-order chi connectivity index (χ1) is 17.3. The van der Waals surface area contributed by atoms with Crippen molar-refractivity contribution in [2.45, 2.75) is 45.2 Å². The number of carbonyl (C=O) groups is 1. The predicted molar refractivity (Wildman–Crippen MR) is 141 cm³/mol. The highest BCUT2D eigenvalue weighted by Gasteiger charge is 2.34. The number of rotatable bonds is 7. The summed E-state index contributed by atoms with van der Waals surface area (Å²) in [5, 5.41) is 12.4. The van der Waals surface area contributed by atoms with Gasteiger partial charge in [-0.3, -0.25) is 10.2 Å². The molecule has 0 spiro atoms. The van der Waals surface area contributed by atoms with Crippen LogP contribution in [-0.4, -0.2) is 28.2 Å². The molecule has 1 saturated carbocycles. The molecule has 1 atom stereocenters. The normalized spacial score (nSPS) is 16.3. The highest BCUT2D eigenvalue weighted by molar-refractivity contribution is 6.42. The Morgan fingerprint density at radius 3 is 2.64 bits per heavy atom. The minimum atomic E-state index is -0.537. The Morgan fingerprint density at radius 2 is 1.97 bits per heavy atom. The predicted octanol–water partition coefficient (Wildman–Crippen LogP) is 6.96. The number of nitrogens with one attached hydrogen (secondary N) is 2. The largest absolute Gasteiger partial charge is 0.356 e. The molecule has 5 rings (SSSR count). The van der Waals surface area contributed by atoms with Crippen molar-refractivity contribution < 1.29 is 9.18 Å². The number of hydrogen-bond donors (Lipinski definition) is 2. The van der Waals surface area contributed by atoms with Gasteiger partial charge in [-0.15, -0.1) is 0 Å². The number of benzene rings is 2. The summed E-state index contributed by atoms with van der Waals surface area (Å²) in [4.78, 5) is 19.6. The summed E-state index contributed by atoms with van der Waals surface area (Å²) < 4.78 is 13.7. The molecular formula is C28H27Cl2FN4O. The number of halogens is 3. The van der Waals surface area contributed by atoms with E-state index < -0.39 is 5.95 Å². The molecule has 0 radical (unpaired) electrons. The number of hydrogen-bond acceptors (Lipinski definition) is 3. The van der Waals surface area contributed by atoms with E-state index >= 15 is 0 Å². The molecule has 2 fully saturated rings. The number of pyridine rings is 1. The van der Waals surface area contributed by atoms with Gasteiger partial charge in [-0.2, -0.15) is 4.39 Å². The number of carbonyl (C=O) groups excluding carboxylic acids is 1. The number of nitrogens with zero attached hydrogens (tertiary/aromatic N) is 2. The fraction of sp³-hybridized carbons (Fsp3) is 0.321. The number of likely N-dealkylation sites (tertiary alicyclic amines) is 1. The Labute approximate surface area is 220 Å². The first kappa shape index (κ1) is 24.7. The van der Waals surface area contributed by atoms with Crippen LogP contribution in [-0.2, 0) is 6.54 Å². The summed E-state index contributed by atoms with van der Waals surface area (Å²) in [5.74, 6) is 0.233. The van der Waals surface area contributed by atoms with E-state index in [9.17, 15) is 9.18 Å². The SMILES string of the molecule is Cc1nc(F)ccc1-c1cc(CN2CCCC2=N)cc(C(=O)N[C@H](c2ccc(Cl)c(Cl)c2)C2CC2)c1. The van der Waals surface area contributed by atoms with Crippen molar-refractivity contribution >= 4 is 34.9 Å². The number of amides is 1. The molecule has 186 valence electrons. The van der Waals surface area contributed by atoms with E-state index in [2.05, 4.69) is 10.3 Å². The minimum Gasteiger partial charge on any atom is -0.356 e. The summed E-state index contributed by atoms with van der Waals surface area (Å²) in [6, 6.07) is 14.1. The lowest BCUT2D eigenvalue weighted by Gasteiger charge is -2.21. The van der Waals surface area contributed by atoms with Crippen molar-refractivity contribution in [1.82, 2.24) is 15.2 Å². The van der Waals surface area contributed by atoms with Gasteiger partial charge in [0.2, 0.25) is 5.95 Å². The van der Waals surface area contributed by atoms with Crippen molar-refractivity contribution in [3.63, 3.8) is 0 Å². The van der Waals surface area contributed by atoms with Crippen LogP contribution < -0.4 is 5.32 Å².